The Balaban J connectivity index is 1.73. The third-order valence-corrected chi connectivity index (χ3v) is 4.39. The monoisotopic (exact) mass is 357 g/mol. The highest BCUT2D eigenvalue weighted by Crippen LogP contribution is 2.28. The summed E-state index contributed by atoms with van der Waals surface area (Å²) in [4.78, 5) is 33.6. The van der Waals surface area contributed by atoms with Crippen LogP contribution in [0, 0.1) is 0 Å². The first-order valence-electron chi connectivity index (χ1n) is 7.64. The summed E-state index contributed by atoms with van der Waals surface area (Å²) >= 11 is 0.889. The topological polar surface area (TPSA) is 92.7 Å². The van der Waals surface area contributed by atoms with Crippen molar-refractivity contribution in [2.75, 3.05) is 6.61 Å². The van der Waals surface area contributed by atoms with E-state index in [1.807, 2.05) is 36.4 Å². The van der Waals surface area contributed by atoms with E-state index in [9.17, 15) is 14.4 Å². The number of amides is 2. The molecule has 1 aliphatic rings. The number of hydrogen-bond acceptors (Lipinski definition) is 5. The van der Waals surface area contributed by atoms with Gasteiger partial charge in [0.2, 0.25) is 0 Å². The van der Waals surface area contributed by atoms with Crippen molar-refractivity contribution in [1.29, 1.82) is 0 Å². The second-order valence-corrected chi connectivity index (χ2v) is 6.48. The highest BCUT2D eigenvalue weighted by Gasteiger charge is 2.24. The van der Waals surface area contributed by atoms with Gasteiger partial charge in [0.15, 0.2) is 0 Å². The lowest BCUT2D eigenvalue weighted by Gasteiger charge is -2.07. The van der Waals surface area contributed by atoms with Gasteiger partial charge in [-0.05, 0) is 58.8 Å². The molecule has 1 heterocycles. The number of carbonyl (C=O) groups excluding carboxylic acids is 2. The Bertz CT molecular complexity index is 890. The van der Waals surface area contributed by atoms with Crippen LogP contribution in [0.3, 0.4) is 0 Å². The minimum Gasteiger partial charge on any atom is -0.494 e. The van der Waals surface area contributed by atoms with E-state index >= 15 is 0 Å². The summed E-state index contributed by atoms with van der Waals surface area (Å²) in [6.07, 6.45) is 2.22. The number of benzene rings is 2. The number of nitrogens with one attached hydrogen (secondary N) is 1. The number of thioether (sulfide) groups is 1. The number of carboxylic acids is 1. The summed E-state index contributed by atoms with van der Waals surface area (Å²) in [6, 6.07) is 11.3. The summed E-state index contributed by atoms with van der Waals surface area (Å²) in [5, 5.41) is 12.4. The van der Waals surface area contributed by atoms with Crippen LogP contribution in [0.5, 0.6) is 5.75 Å². The van der Waals surface area contributed by atoms with Gasteiger partial charge in [0.25, 0.3) is 11.1 Å². The maximum atomic E-state index is 11.6. The number of rotatable bonds is 6. The van der Waals surface area contributed by atoms with Gasteiger partial charge in [-0.3, -0.25) is 19.7 Å². The van der Waals surface area contributed by atoms with Crippen LogP contribution in [0.25, 0.3) is 16.8 Å². The minimum atomic E-state index is -0.834. The zero-order valence-corrected chi connectivity index (χ0v) is 14.0. The average molecular weight is 357 g/mol. The Morgan fingerprint density at radius 3 is 2.64 bits per heavy atom. The van der Waals surface area contributed by atoms with E-state index in [4.69, 9.17) is 9.84 Å². The molecule has 3 rings (SSSR count). The van der Waals surface area contributed by atoms with Gasteiger partial charge < -0.3 is 9.84 Å². The lowest BCUT2D eigenvalue weighted by atomic mass is 10.1. The number of ether oxygens (including phenoxy) is 1. The standard InChI is InChI=1S/C18H15NO5S/c20-16(21)2-1-7-24-14-6-5-12-8-11(3-4-13(12)10-14)9-15-17(22)19-18(23)25-15/h3-6,8-10H,1-2,7H2,(H,20,21)(H,19,22,23)/b15-9-. The summed E-state index contributed by atoms with van der Waals surface area (Å²) < 4.78 is 5.56. The second kappa shape index (κ2) is 7.40. The first-order valence-corrected chi connectivity index (χ1v) is 8.46. The van der Waals surface area contributed by atoms with Crippen LogP contribution < -0.4 is 10.1 Å². The summed E-state index contributed by atoms with van der Waals surface area (Å²) in [7, 11) is 0. The van der Waals surface area contributed by atoms with Gasteiger partial charge in [-0.15, -0.1) is 0 Å². The van der Waals surface area contributed by atoms with Crippen LogP contribution >= 0.6 is 11.8 Å². The van der Waals surface area contributed by atoms with E-state index < -0.39 is 5.97 Å². The lowest BCUT2D eigenvalue weighted by molar-refractivity contribution is -0.137. The molecule has 128 valence electrons. The van der Waals surface area contributed by atoms with Crippen LogP contribution in [0.1, 0.15) is 18.4 Å². The number of carbonyl (C=O) groups is 3. The Labute approximate surface area is 147 Å². The zero-order valence-electron chi connectivity index (χ0n) is 13.2. The Morgan fingerprint density at radius 2 is 1.92 bits per heavy atom. The van der Waals surface area contributed by atoms with E-state index in [1.54, 1.807) is 6.08 Å². The predicted molar refractivity (Wildman–Crippen MR) is 95.4 cm³/mol. The molecule has 2 N–H and O–H groups in total. The molecule has 7 heteroatoms. The average Bonchev–Trinajstić information content (AvgIpc) is 2.89. The fourth-order valence-electron chi connectivity index (χ4n) is 2.41. The maximum absolute atomic E-state index is 11.6. The van der Waals surface area contributed by atoms with Crippen LogP contribution in [0.4, 0.5) is 4.79 Å². The summed E-state index contributed by atoms with van der Waals surface area (Å²) in [5.74, 6) is -0.528. The van der Waals surface area contributed by atoms with Gasteiger partial charge in [0.1, 0.15) is 5.75 Å². The highest BCUT2D eigenvalue weighted by atomic mass is 32.2. The molecule has 25 heavy (non-hydrogen) atoms. The van der Waals surface area contributed by atoms with Crippen molar-refractivity contribution in [1.82, 2.24) is 5.32 Å². The Hall–Kier alpha value is -2.80. The first kappa shape index (κ1) is 17.0. The molecule has 0 aromatic heterocycles. The SMILES string of the molecule is O=C(O)CCCOc1ccc2cc(/C=C3\SC(=O)NC3=O)ccc2c1. The van der Waals surface area contributed by atoms with Gasteiger partial charge in [-0.25, -0.2) is 0 Å². The smallest absolute Gasteiger partial charge is 0.303 e. The minimum absolute atomic E-state index is 0.0830. The molecule has 1 saturated heterocycles. The van der Waals surface area contributed by atoms with Crippen molar-refractivity contribution in [2.24, 2.45) is 0 Å². The van der Waals surface area contributed by atoms with E-state index in [0.717, 1.165) is 28.1 Å². The molecule has 0 unspecified atom stereocenters. The molecule has 6 nitrogen and oxygen atoms in total. The molecule has 2 amide bonds. The van der Waals surface area contributed by atoms with Gasteiger partial charge >= 0.3 is 5.97 Å². The van der Waals surface area contributed by atoms with Crippen LogP contribution in [0.15, 0.2) is 41.3 Å². The van der Waals surface area contributed by atoms with Gasteiger partial charge in [-0.2, -0.15) is 0 Å². The first-order chi connectivity index (χ1) is 12.0. The van der Waals surface area contributed by atoms with Gasteiger partial charge in [-0.1, -0.05) is 18.2 Å². The molecule has 0 radical (unpaired) electrons. The quantitative estimate of drug-likeness (QED) is 0.608. The van der Waals surface area contributed by atoms with Gasteiger partial charge in [0.05, 0.1) is 11.5 Å². The third kappa shape index (κ3) is 4.39. The second-order valence-electron chi connectivity index (χ2n) is 5.47. The molecular weight excluding hydrogens is 342 g/mol. The highest BCUT2D eigenvalue weighted by molar-refractivity contribution is 8.18. The van der Waals surface area contributed by atoms with E-state index in [1.165, 1.54) is 0 Å². The van der Waals surface area contributed by atoms with Crippen molar-refractivity contribution >= 4 is 45.7 Å². The van der Waals surface area contributed by atoms with Crippen molar-refractivity contribution in [2.45, 2.75) is 12.8 Å². The van der Waals surface area contributed by atoms with E-state index in [0.29, 0.717) is 23.7 Å². The molecule has 0 bridgehead atoms. The maximum Gasteiger partial charge on any atom is 0.303 e. The molecule has 0 atom stereocenters. The molecule has 1 aliphatic heterocycles. The molecular formula is C18H15NO5S. The molecule has 2 aromatic carbocycles. The fraction of sp³-hybridized carbons (Fsp3) is 0.167. The molecule has 2 aromatic rings. The number of aliphatic carboxylic acids is 1. The molecule has 1 fully saturated rings. The van der Waals surface area contributed by atoms with Crippen molar-refractivity contribution < 1.29 is 24.2 Å². The molecule has 0 aliphatic carbocycles. The Kier molecular flexibility index (Phi) is 5.04. The fourth-order valence-corrected chi connectivity index (χ4v) is 3.09. The number of imide groups is 1. The Morgan fingerprint density at radius 1 is 1.16 bits per heavy atom. The zero-order chi connectivity index (χ0) is 17.8. The van der Waals surface area contributed by atoms with Crippen molar-refractivity contribution in [3.63, 3.8) is 0 Å². The van der Waals surface area contributed by atoms with Crippen molar-refractivity contribution in [3.8, 4) is 5.75 Å². The normalized spacial score (nSPS) is 15.6. The van der Waals surface area contributed by atoms with Gasteiger partial charge in [0, 0.05) is 6.42 Å². The lowest BCUT2D eigenvalue weighted by Crippen LogP contribution is -2.17. The summed E-state index contributed by atoms with van der Waals surface area (Å²) in [6.45, 7) is 0.350. The largest absolute Gasteiger partial charge is 0.494 e. The number of carboxylic acid groups (broad SMARTS) is 1. The number of hydrogen-bond donors (Lipinski definition) is 2. The molecule has 0 saturated carbocycles. The number of fused-ring (bicyclic) bond motifs is 1. The van der Waals surface area contributed by atoms with Crippen LogP contribution in [0.2, 0.25) is 0 Å². The van der Waals surface area contributed by atoms with E-state index in [-0.39, 0.29) is 17.6 Å². The van der Waals surface area contributed by atoms with Crippen LogP contribution in [-0.2, 0) is 9.59 Å². The van der Waals surface area contributed by atoms with Crippen LogP contribution in [-0.4, -0.2) is 28.8 Å². The summed E-state index contributed by atoms with van der Waals surface area (Å²) in [5.41, 5.74) is 0.829. The predicted octanol–water partition coefficient (Wildman–Crippen LogP) is 3.41. The third-order valence-electron chi connectivity index (χ3n) is 3.58. The van der Waals surface area contributed by atoms with Crippen molar-refractivity contribution in [3.05, 3.63) is 46.9 Å². The van der Waals surface area contributed by atoms with E-state index in [2.05, 4.69) is 5.32 Å². The molecule has 0 spiro atoms.